The molecule has 0 unspecified atom stereocenters. The van der Waals surface area contributed by atoms with Gasteiger partial charge in [-0.25, -0.2) is 4.98 Å². The molecule has 0 saturated heterocycles. The van der Waals surface area contributed by atoms with Crippen molar-refractivity contribution in [2.75, 3.05) is 12.1 Å². The maximum absolute atomic E-state index is 5.91. The Morgan fingerprint density at radius 2 is 2.05 bits per heavy atom. The summed E-state index contributed by atoms with van der Waals surface area (Å²) in [6, 6.07) is 0. The molecule has 6 heteroatoms. The molecule has 106 valence electrons. The van der Waals surface area contributed by atoms with E-state index in [-0.39, 0.29) is 4.75 Å². The Labute approximate surface area is 123 Å². The molecule has 0 atom stereocenters. The van der Waals surface area contributed by atoms with E-state index in [1.54, 1.807) is 0 Å². The van der Waals surface area contributed by atoms with Crippen LogP contribution in [0.4, 0.5) is 0 Å². The van der Waals surface area contributed by atoms with Crippen molar-refractivity contribution in [2.24, 2.45) is 7.05 Å². The maximum atomic E-state index is 5.91. The van der Waals surface area contributed by atoms with E-state index in [1.807, 2.05) is 30.4 Å². The number of nitrogens with zero attached hydrogens (tertiary/aromatic N) is 4. The van der Waals surface area contributed by atoms with E-state index < -0.39 is 0 Å². The second-order valence-corrected chi connectivity index (χ2v) is 7.29. The van der Waals surface area contributed by atoms with Crippen LogP contribution in [0, 0.1) is 6.92 Å². The van der Waals surface area contributed by atoms with Gasteiger partial charge in [-0.3, -0.25) is 4.68 Å². The highest BCUT2D eigenvalue weighted by Gasteiger charge is 2.23. The van der Waals surface area contributed by atoms with Gasteiger partial charge in [0.2, 0.25) is 0 Å². The zero-order valence-electron chi connectivity index (χ0n) is 12.2. The van der Waals surface area contributed by atoms with Gasteiger partial charge in [0, 0.05) is 30.6 Å². The molecular formula is C13H21ClN4S. The first-order valence-corrected chi connectivity index (χ1v) is 8.15. The van der Waals surface area contributed by atoms with Gasteiger partial charge in [0.05, 0.1) is 5.69 Å². The fraction of sp³-hybridized carbons (Fsp3) is 0.692. The van der Waals surface area contributed by atoms with Crippen LogP contribution in [0.25, 0.3) is 11.2 Å². The number of alkyl halides is 1. The van der Waals surface area contributed by atoms with Crippen molar-refractivity contribution in [1.29, 1.82) is 0 Å². The molecule has 2 rings (SSSR count). The SMILES string of the molecule is CSC(C)(C)Cn1c(CCCl)nc2c(C)nn(C)c21. The number of aryl methyl sites for hydroxylation is 3. The summed E-state index contributed by atoms with van der Waals surface area (Å²) in [7, 11) is 1.98. The Balaban J connectivity index is 2.57. The summed E-state index contributed by atoms with van der Waals surface area (Å²) in [6.07, 6.45) is 2.93. The Kier molecular flexibility index (Phi) is 4.16. The molecule has 0 aliphatic rings. The average Bonchev–Trinajstić information content (AvgIpc) is 2.81. The van der Waals surface area contributed by atoms with Crippen LogP contribution in [-0.4, -0.2) is 36.2 Å². The number of imidazole rings is 1. The van der Waals surface area contributed by atoms with Crippen molar-refractivity contribution in [3.63, 3.8) is 0 Å². The summed E-state index contributed by atoms with van der Waals surface area (Å²) in [5.41, 5.74) is 3.08. The van der Waals surface area contributed by atoms with E-state index in [1.165, 1.54) is 0 Å². The lowest BCUT2D eigenvalue weighted by Gasteiger charge is -2.24. The van der Waals surface area contributed by atoms with Crippen LogP contribution in [0.5, 0.6) is 0 Å². The van der Waals surface area contributed by atoms with Crippen LogP contribution < -0.4 is 0 Å². The van der Waals surface area contributed by atoms with Gasteiger partial charge < -0.3 is 4.57 Å². The molecule has 0 N–H and O–H groups in total. The Morgan fingerprint density at radius 1 is 1.37 bits per heavy atom. The lowest BCUT2D eigenvalue weighted by molar-refractivity contribution is 0.549. The minimum absolute atomic E-state index is 0.160. The van der Waals surface area contributed by atoms with Gasteiger partial charge in [0.15, 0.2) is 5.65 Å². The summed E-state index contributed by atoms with van der Waals surface area (Å²) in [5, 5.41) is 4.46. The van der Waals surface area contributed by atoms with Crippen molar-refractivity contribution >= 4 is 34.5 Å². The molecule has 0 amide bonds. The van der Waals surface area contributed by atoms with E-state index in [0.29, 0.717) is 5.88 Å². The molecule has 2 aromatic rings. The van der Waals surface area contributed by atoms with Crippen molar-refractivity contribution in [1.82, 2.24) is 19.3 Å². The quantitative estimate of drug-likeness (QED) is 0.796. The molecule has 0 aliphatic carbocycles. The number of thioether (sulfide) groups is 1. The van der Waals surface area contributed by atoms with Crippen molar-refractivity contribution in [3.05, 3.63) is 11.5 Å². The molecule has 0 aliphatic heterocycles. The van der Waals surface area contributed by atoms with Crippen LogP contribution in [0.1, 0.15) is 25.4 Å². The molecule has 2 aromatic heterocycles. The number of fused-ring (bicyclic) bond motifs is 1. The van der Waals surface area contributed by atoms with E-state index in [4.69, 9.17) is 16.6 Å². The largest absolute Gasteiger partial charge is 0.311 e. The predicted octanol–water partition coefficient (Wildman–Crippen LogP) is 3.00. The van der Waals surface area contributed by atoms with Crippen LogP contribution >= 0.6 is 23.4 Å². The monoisotopic (exact) mass is 300 g/mol. The second-order valence-electron chi connectivity index (χ2n) is 5.40. The standard InChI is InChI=1S/C13H21ClN4S/c1-9-11-12(17(4)16-9)18(8-13(2,3)19-5)10(15-11)6-7-14/h6-8H2,1-5H3. The van der Waals surface area contributed by atoms with Crippen LogP contribution in [0.3, 0.4) is 0 Å². The zero-order valence-corrected chi connectivity index (χ0v) is 13.8. The van der Waals surface area contributed by atoms with Gasteiger partial charge in [-0.1, -0.05) is 0 Å². The summed E-state index contributed by atoms with van der Waals surface area (Å²) in [6.45, 7) is 7.41. The lowest BCUT2D eigenvalue weighted by atomic mass is 10.2. The Bertz CT molecular complexity index is 585. The first-order chi connectivity index (χ1) is 8.89. The van der Waals surface area contributed by atoms with Gasteiger partial charge in [-0.2, -0.15) is 16.9 Å². The Hall–Kier alpha value is -0.680. The first kappa shape index (κ1) is 14.7. The molecule has 2 heterocycles. The van der Waals surface area contributed by atoms with Gasteiger partial charge >= 0.3 is 0 Å². The van der Waals surface area contributed by atoms with Crippen molar-refractivity contribution in [3.8, 4) is 0 Å². The molecule has 0 bridgehead atoms. The molecular weight excluding hydrogens is 280 g/mol. The fourth-order valence-electron chi connectivity index (χ4n) is 2.27. The molecule has 0 radical (unpaired) electrons. The highest BCUT2D eigenvalue weighted by atomic mass is 35.5. The molecule has 0 spiro atoms. The van der Waals surface area contributed by atoms with Gasteiger partial charge in [0.1, 0.15) is 11.3 Å². The van der Waals surface area contributed by atoms with Gasteiger partial charge in [0.25, 0.3) is 0 Å². The molecule has 19 heavy (non-hydrogen) atoms. The summed E-state index contributed by atoms with van der Waals surface area (Å²) < 4.78 is 4.35. The third-order valence-electron chi connectivity index (χ3n) is 3.38. The predicted molar refractivity (Wildman–Crippen MR) is 83.3 cm³/mol. The number of hydrogen-bond donors (Lipinski definition) is 0. The number of rotatable bonds is 5. The van der Waals surface area contributed by atoms with E-state index in [9.17, 15) is 0 Å². The Morgan fingerprint density at radius 3 is 2.63 bits per heavy atom. The fourth-order valence-corrected chi connectivity index (χ4v) is 2.69. The first-order valence-electron chi connectivity index (χ1n) is 6.39. The average molecular weight is 301 g/mol. The lowest BCUT2D eigenvalue weighted by Crippen LogP contribution is -2.24. The number of hydrogen-bond acceptors (Lipinski definition) is 3. The second kappa shape index (κ2) is 5.37. The third kappa shape index (κ3) is 2.77. The normalized spacial score (nSPS) is 12.5. The third-order valence-corrected chi connectivity index (χ3v) is 4.80. The maximum Gasteiger partial charge on any atom is 0.158 e. The molecule has 4 nitrogen and oxygen atoms in total. The van der Waals surface area contributed by atoms with Crippen molar-refractivity contribution in [2.45, 2.75) is 38.5 Å². The van der Waals surface area contributed by atoms with Crippen LogP contribution in [0.2, 0.25) is 0 Å². The van der Waals surface area contributed by atoms with Crippen molar-refractivity contribution < 1.29 is 0 Å². The summed E-state index contributed by atoms with van der Waals surface area (Å²) in [5.74, 6) is 1.65. The highest BCUT2D eigenvalue weighted by molar-refractivity contribution is 7.99. The summed E-state index contributed by atoms with van der Waals surface area (Å²) >= 11 is 7.77. The number of halogens is 1. The van der Waals surface area contributed by atoms with E-state index in [2.05, 4.69) is 29.8 Å². The molecule has 0 saturated carbocycles. The smallest absolute Gasteiger partial charge is 0.158 e. The summed E-state index contributed by atoms with van der Waals surface area (Å²) in [4.78, 5) is 4.73. The van der Waals surface area contributed by atoms with E-state index in [0.717, 1.165) is 35.6 Å². The molecule has 0 fully saturated rings. The van der Waals surface area contributed by atoms with Crippen LogP contribution in [-0.2, 0) is 20.0 Å². The minimum Gasteiger partial charge on any atom is -0.311 e. The van der Waals surface area contributed by atoms with Gasteiger partial charge in [-0.15, -0.1) is 11.6 Å². The molecule has 0 aromatic carbocycles. The van der Waals surface area contributed by atoms with Crippen LogP contribution in [0.15, 0.2) is 0 Å². The number of aromatic nitrogens is 4. The topological polar surface area (TPSA) is 35.6 Å². The van der Waals surface area contributed by atoms with Gasteiger partial charge in [-0.05, 0) is 27.0 Å². The highest BCUT2D eigenvalue weighted by Crippen LogP contribution is 2.28. The van der Waals surface area contributed by atoms with E-state index >= 15 is 0 Å². The minimum atomic E-state index is 0.160. The zero-order chi connectivity index (χ0) is 14.2.